The van der Waals surface area contributed by atoms with Crippen LogP contribution >= 0.6 is 11.8 Å². The van der Waals surface area contributed by atoms with E-state index in [1.165, 1.54) is 11.8 Å². The maximum Gasteiger partial charge on any atom is 0.262 e. The van der Waals surface area contributed by atoms with Crippen molar-refractivity contribution in [2.75, 3.05) is 5.75 Å². The van der Waals surface area contributed by atoms with Crippen molar-refractivity contribution in [2.24, 2.45) is 5.92 Å². The molecule has 0 spiro atoms. The number of thioether (sulfide) groups is 1. The molecule has 0 aliphatic carbocycles. The van der Waals surface area contributed by atoms with Gasteiger partial charge in [-0.05, 0) is 37.0 Å². The van der Waals surface area contributed by atoms with E-state index in [9.17, 15) is 9.59 Å². The summed E-state index contributed by atoms with van der Waals surface area (Å²) in [4.78, 5) is 30.0. The van der Waals surface area contributed by atoms with Crippen molar-refractivity contribution in [3.05, 3.63) is 70.5 Å². The fraction of sp³-hybridized carbons (Fsp3) is 0.348. The van der Waals surface area contributed by atoms with Crippen LogP contribution in [0.2, 0.25) is 0 Å². The Kier molecular flexibility index (Phi) is 7.09. The van der Waals surface area contributed by atoms with Gasteiger partial charge in [0.2, 0.25) is 5.91 Å². The van der Waals surface area contributed by atoms with Crippen molar-refractivity contribution in [3.8, 4) is 0 Å². The topological polar surface area (TPSA) is 64.0 Å². The van der Waals surface area contributed by atoms with Gasteiger partial charge in [0.15, 0.2) is 5.16 Å². The van der Waals surface area contributed by atoms with Gasteiger partial charge in [0.25, 0.3) is 5.56 Å². The Hall–Kier alpha value is -2.60. The number of nitrogens with one attached hydrogen (secondary N) is 1. The number of para-hydroxylation sites is 1. The molecule has 0 saturated carbocycles. The predicted molar refractivity (Wildman–Crippen MR) is 119 cm³/mol. The zero-order chi connectivity index (χ0) is 20.8. The van der Waals surface area contributed by atoms with Crippen LogP contribution in [0, 0.1) is 5.92 Å². The molecular formula is C23H27N3O2S. The summed E-state index contributed by atoms with van der Waals surface area (Å²) in [5.74, 6) is 0.613. The summed E-state index contributed by atoms with van der Waals surface area (Å²) in [5.41, 5.74) is 1.70. The molecule has 152 valence electrons. The molecule has 1 atom stereocenters. The lowest BCUT2D eigenvalue weighted by molar-refractivity contribution is -0.119. The van der Waals surface area contributed by atoms with Crippen LogP contribution in [0.3, 0.4) is 0 Å². The molecule has 0 saturated heterocycles. The molecule has 29 heavy (non-hydrogen) atoms. The van der Waals surface area contributed by atoms with E-state index in [2.05, 4.69) is 24.1 Å². The molecule has 1 N–H and O–H groups in total. The number of benzene rings is 2. The summed E-state index contributed by atoms with van der Waals surface area (Å²) < 4.78 is 1.63. The first kappa shape index (κ1) is 21.1. The highest BCUT2D eigenvalue weighted by Gasteiger charge is 2.17. The number of hydrogen-bond acceptors (Lipinski definition) is 4. The predicted octanol–water partition coefficient (Wildman–Crippen LogP) is 4.41. The molecule has 1 aromatic heterocycles. The molecule has 2 aromatic carbocycles. The van der Waals surface area contributed by atoms with Gasteiger partial charge < -0.3 is 5.32 Å². The van der Waals surface area contributed by atoms with Gasteiger partial charge in [0.05, 0.1) is 22.7 Å². The van der Waals surface area contributed by atoms with E-state index in [0.29, 0.717) is 28.5 Å². The molecule has 3 aromatic rings. The lowest BCUT2D eigenvalue weighted by Gasteiger charge is -2.21. The fourth-order valence-corrected chi connectivity index (χ4v) is 4.21. The second-order valence-electron chi connectivity index (χ2n) is 7.41. The number of nitrogens with zero attached hydrogens (tertiary/aromatic N) is 2. The maximum absolute atomic E-state index is 12.7. The second-order valence-corrected chi connectivity index (χ2v) is 8.35. The molecule has 6 heteroatoms. The van der Waals surface area contributed by atoms with Crippen LogP contribution in [-0.2, 0) is 11.3 Å². The first-order valence-corrected chi connectivity index (χ1v) is 10.9. The monoisotopic (exact) mass is 409 g/mol. The number of carbonyl (C=O) groups is 1. The zero-order valence-corrected chi connectivity index (χ0v) is 17.9. The Balaban J connectivity index is 1.75. The summed E-state index contributed by atoms with van der Waals surface area (Å²) in [7, 11) is 0. The number of aromatic nitrogens is 2. The van der Waals surface area contributed by atoms with Crippen LogP contribution in [0.5, 0.6) is 0 Å². The minimum absolute atomic E-state index is 0.0257. The molecule has 0 aliphatic heterocycles. The molecular weight excluding hydrogens is 382 g/mol. The molecule has 0 unspecified atom stereocenters. The van der Waals surface area contributed by atoms with Crippen molar-refractivity contribution in [3.63, 3.8) is 0 Å². The number of rotatable bonds is 8. The van der Waals surface area contributed by atoms with E-state index < -0.39 is 0 Å². The largest absolute Gasteiger partial charge is 0.349 e. The van der Waals surface area contributed by atoms with E-state index in [0.717, 1.165) is 12.0 Å². The van der Waals surface area contributed by atoms with E-state index in [4.69, 9.17) is 0 Å². The van der Waals surface area contributed by atoms with E-state index in [-0.39, 0.29) is 23.3 Å². The summed E-state index contributed by atoms with van der Waals surface area (Å²) in [6.07, 6.45) is 0.869. The van der Waals surface area contributed by atoms with Crippen molar-refractivity contribution in [1.29, 1.82) is 0 Å². The fourth-order valence-electron chi connectivity index (χ4n) is 3.34. The van der Waals surface area contributed by atoms with Crippen LogP contribution in [-0.4, -0.2) is 21.2 Å². The van der Waals surface area contributed by atoms with Crippen molar-refractivity contribution in [2.45, 2.75) is 44.9 Å². The average Bonchev–Trinajstić information content (AvgIpc) is 2.72. The summed E-state index contributed by atoms with van der Waals surface area (Å²) >= 11 is 1.30. The average molecular weight is 410 g/mol. The van der Waals surface area contributed by atoms with Crippen LogP contribution < -0.4 is 10.9 Å². The Labute approximate surface area is 175 Å². The van der Waals surface area contributed by atoms with Crippen molar-refractivity contribution >= 4 is 28.6 Å². The number of hydrogen-bond donors (Lipinski definition) is 1. The van der Waals surface area contributed by atoms with E-state index in [1.807, 2.05) is 55.5 Å². The minimum Gasteiger partial charge on any atom is -0.349 e. The lowest BCUT2D eigenvalue weighted by atomic mass is 9.97. The van der Waals surface area contributed by atoms with Gasteiger partial charge in [-0.25, -0.2) is 4.98 Å². The molecule has 1 heterocycles. The highest BCUT2D eigenvalue weighted by Crippen LogP contribution is 2.22. The Morgan fingerprint density at radius 2 is 1.79 bits per heavy atom. The van der Waals surface area contributed by atoms with Gasteiger partial charge in [-0.3, -0.25) is 14.2 Å². The Morgan fingerprint density at radius 1 is 1.10 bits per heavy atom. The third kappa shape index (κ3) is 5.26. The molecule has 0 bridgehead atoms. The SMILES string of the molecule is CCn1c(SCC(=O)N[C@@H](CC(C)C)c2ccccc2)nc2ccccc2c1=O. The first-order valence-electron chi connectivity index (χ1n) is 9.96. The van der Waals surface area contributed by atoms with Crippen LogP contribution in [0.15, 0.2) is 64.5 Å². The van der Waals surface area contributed by atoms with Gasteiger partial charge in [0, 0.05) is 6.54 Å². The van der Waals surface area contributed by atoms with Crippen LogP contribution in [0.25, 0.3) is 10.9 Å². The van der Waals surface area contributed by atoms with Crippen molar-refractivity contribution < 1.29 is 4.79 Å². The molecule has 0 aliphatic rings. The molecule has 1 amide bonds. The quantitative estimate of drug-likeness (QED) is 0.442. The Bertz CT molecular complexity index is 1030. The maximum atomic E-state index is 12.7. The zero-order valence-electron chi connectivity index (χ0n) is 17.1. The second kappa shape index (κ2) is 9.74. The van der Waals surface area contributed by atoms with E-state index in [1.54, 1.807) is 10.6 Å². The first-order chi connectivity index (χ1) is 14.0. The highest BCUT2D eigenvalue weighted by molar-refractivity contribution is 7.99. The molecule has 0 fully saturated rings. The van der Waals surface area contributed by atoms with Gasteiger partial charge in [-0.2, -0.15) is 0 Å². The molecule has 3 rings (SSSR count). The lowest BCUT2D eigenvalue weighted by Crippen LogP contribution is -2.31. The number of amides is 1. The summed E-state index contributed by atoms with van der Waals surface area (Å²) in [6, 6.07) is 17.3. The van der Waals surface area contributed by atoms with Gasteiger partial charge >= 0.3 is 0 Å². The smallest absolute Gasteiger partial charge is 0.262 e. The molecule has 5 nitrogen and oxygen atoms in total. The number of fused-ring (bicyclic) bond motifs is 1. The summed E-state index contributed by atoms with van der Waals surface area (Å²) in [5, 5.41) is 4.33. The van der Waals surface area contributed by atoms with Crippen molar-refractivity contribution in [1.82, 2.24) is 14.9 Å². The Morgan fingerprint density at radius 3 is 2.48 bits per heavy atom. The standard InChI is InChI=1S/C23H27N3O2S/c1-4-26-22(28)18-12-8-9-13-19(18)25-23(26)29-15-21(27)24-20(14-16(2)3)17-10-6-5-7-11-17/h5-13,16,20H,4,14-15H2,1-3H3,(H,24,27)/t20-/m0/s1. The van der Waals surface area contributed by atoms with Gasteiger partial charge in [0.1, 0.15) is 0 Å². The third-order valence-corrected chi connectivity index (χ3v) is 5.70. The third-order valence-electron chi connectivity index (χ3n) is 4.72. The molecule has 0 radical (unpaired) electrons. The van der Waals surface area contributed by atoms with E-state index >= 15 is 0 Å². The number of carbonyl (C=O) groups excluding carboxylic acids is 1. The summed E-state index contributed by atoms with van der Waals surface area (Å²) in [6.45, 7) is 6.72. The normalized spacial score (nSPS) is 12.3. The van der Waals surface area contributed by atoms with Crippen LogP contribution in [0.4, 0.5) is 0 Å². The highest BCUT2D eigenvalue weighted by atomic mass is 32.2. The van der Waals surface area contributed by atoms with Gasteiger partial charge in [-0.15, -0.1) is 0 Å². The van der Waals surface area contributed by atoms with Gasteiger partial charge in [-0.1, -0.05) is 68.1 Å². The minimum atomic E-state index is -0.0667. The van der Waals surface area contributed by atoms with Crippen LogP contribution in [0.1, 0.15) is 38.8 Å².